The van der Waals surface area contributed by atoms with E-state index in [9.17, 15) is 22.8 Å². The van der Waals surface area contributed by atoms with Gasteiger partial charge in [0.15, 0.2) is 0 Å². The number of benzene rings is 2. The maximum Gasteiger partial charge on any atom is 0.264 e. The number of nitrogens with one attached hydrogen (secondary N) is 3. The second-order valence-corrected chi connectivity index (χ2v) is 11.7. The van der Waals surface area contributed by atoms with E-state index < -0.39 is 22.0 Å². The number of anilines is 1. The molecular weight excluding hydrogens is 506 g/mol. The van der Waals surface area contributed by atoms with Crippen LogP contribution in [0.3, 0.4) is 0 Å². The van der Waals surface area contributed by atoms with Gasteiger partial charge in [0, 0.05) is 24.7 Å². The Labute approximate surface area is 220 Å². The van der Waals surface area contributed by atoms with E-state index in [0.717, 1.165) is 37.7 Å². The molecule has 2 heterocycles. The molecule has 5 rings (SSSR count). The van der Waals surface area contributed by atoms with Gasteiger partial charge >= 0.3 is 0 Å². The molecule has 3 N–H and O–H groups in total. The lowest BCUT2D eigenvalue weighted by atomic mass is 9.96. The lowest BCUT2D eigenvalue weighted by Crippen LogP contribution is -2.45. The molecule has 3 aromatic rings. The fourth-order valence-electron chi connectivity index (χ4n) is 5.29. The molecule has 2 amide bonds. The Morgan fingerprint density at radius 3 is 2.45 bits per heavy atom. The van der Waals surface area contributed by atoms with Crippen molar-refractivity contribution in [3.8, 4) is 0 Å². The van der Waals surface area contributed by atoms with Gasteiger partial charge in [-0.2, -0.15) is 0 Å². The molecule has 200 valence electrons. The maximum absolute atomic E-state index is 13.6. The molecule has 1 saturated carbocycles. The minimum atomic E-state index is -3.58. The molecule has 2 aliphatic rings. The van der Waals surface area contributed by atoms with E-state index in [2.05, 4.69) is 20.3 Å². The summed E-state index contributed by atoms with van der Waals surface area (Å²) in [6.45, 7) is 2.02. The lowest BCUT2D eigenvalue weighted by Gasteiger charge is -2.24. The van der Waals surface area contributed by atoms with Gasteiger partial charge in [0.2, 0.25) is 21.8 Å². The molecule has 1 atom stereocenters. The molecule has 1 aromatic heterocycles. The Balaban J connectivity index is 1.36. The van der Waals surface area contributed by atoms with Crippen LogP contribution in [0.4, 0.5) is 5.69 Å². The highest BCUT2D eigenvalue weighted by molar-refractivity contribution is 7.89. The van der Waals surface area contributed by atoms with E-state index in [-0.39, 0.29) is 35.2 Å². The van der Waals surface area contributed by atoms with Gasteiger partial charge in [0.25, 0.3) is 5.56 Å². The SMILES string of the molecule is Cc1nc2cccc(NCc3ccc(S(=O)(=O)NC4CCCCC4)cc3)c2c(=O)n1C1CCC(=O)NC1=O. The van der Waals surface area contributed by atoms with Crippen molar-refractivity contribution >= 4 is 38.4 Å². The third-order valence-electron chi connectivity index (χ3n) is 7.27. The van der Waals surface area contributed by atoms with E-state index in [1.807, 2.05) is 0 Å². The minimum Gasteiger partial charge on any atom is -0.380 e. The maximum atomic E-state index is 13.6. The van der Waals surface area contributed by atoms with Crippen LogP contribution in [0.5, 0.6) is 0 Å². The number of piperidine rings is 1. The Morgan fingerprint density at radius 2 is 1.74 bits per heavy atom. The fourth-order valence-corrected chi connectivity index (χ4v) is 6.59. The number of sulfonamides is 1. The number of hydrogen-bond donors (Lipinski definition) is 3. The van der Waals surface area contributed by atoms with Crippen molar-refractivity contribution in [3.05, 3.63) is 64.2 Å². The van der Waals surface area contributed by atoms with Crippen molar-refractivity contribution in [2.24, 2.45) is 0 Å². The Hall–Kier alpha value is -3.57. The monoisotopic (exact) mass is 537 g/mol. The molecular formula is C27H31N5O5S. The molecule has 0 radical (unpaired) electrons. The molecule has 0 spiro atoms. The number of hydrogen-bond acceptors (Lipinski definition) is 7. The van der Waals surface area contributed by atoms with Crippen molar-refractivity contribution in [1.29, 1.82) is 0 Å². The molecule has 1 aliphatic carbocycles. The number of imide groups is 1. The van der Waals surface area contributed by atoms with Crippen LogP contribution < -0.4 is 20.9 Å². The first-order chi connectivity index (χ1) is 18.2. The van der Waals surface area contributed by atoms with Crippen LogP contribution in [-0.2, 0) is 26.2 Å². The van der Waals surface area contributed by atoms with Crippen molar-refractivity contribution < 1.29 is 18.0 Å². The summed E-state index contributed by atoms with van der Waals surface area (Å²) in [7, 11) is -3.58. The van der Waals surface area contributed by atoms with E-state index in [1.165, 1.54) is 4.57 Å². The number of aryl methyl sites for hydroxylation is 1. The summed E-state index contributed by atoms with van der Waals surface area (Å²) in [5.41, 5.74) is 1.53. The summed E-state index contributed by atoms with van der Waals surface area (Å²) < 4.78 is 29.8. The highest BCUT2D eigenvalue weighted by atomic mass is 32.2. The number of nitrogens with zero attached hydrogens (tertiary/aromatic N) is 2. The highest BCUT2D eigenvalue weighted by Gasteiger charge is 2.31. The van der Waals surface area contributed by atoms with Crippen LogP contribution in [0.1, 0.15) is 62.4 Å². The minimum absolute atomic E-state index is 0.0112. The standard InChI is InChI=1S/C27H31N5O5S/c1-17-29-22-9-5-8-21(25(22)27(35)32(17)23-14-15-24(33)30-26(23)34)28-16-18-10-12-20(13-11-18)38(36,37)31-19-6-3-2-4-7-19/h5,8-13,19,23,28,31H,2-4,6-7,14-16H2,1H3,(H,30,33,34). The first kappa shape index (κ1) is 26.1. The summed E-state index contributed by atoms with van der Waals surface area (Å²) in [4.78, 5) is 42.4. The zero-order chi connectivity index (χ0) is 26.9. The molecule has 11 heteroatoms. The van der Waals surface area contributed by atoms with Gasteiger partial charge < -0.3 is 5.32 Å². The van der Waals surface area contributed by atoms with Gasteiger partial charge in [-0.25, -0.2) is 18.1 Å². The van der Waals surface area contributed by atoms with Crippen LogP contribution in [0, 0.1) is 6.92 Å². The Morgan fingerprint density at radius 1 is 1.00 bits per heavy atom. The zero-order valence-corrected chi connectivity index (χ0v) is 22.0. The van der Waals surface area contributed by atoms with Crippen molar-refractivity contribution in [3.63, 3.8) is 0 Å². The zero-order valence-electron chi connectivity index (χ0n) is 21.2. The first-order valence-corrected chi connectivity index (χ1v) is 14.4. The third kappa shape index (κ3) is 5.34. The largest absolute Gasteiger partial charge is 0.380 e. The quantitative estimate of drug-likeness (QED) is 0.394. The van der Waals surface area contributed by atoms with Gasteiger partial charge in [-0.05, 0) is 56.0 Å². The first-order valence-electron chi connectivity index (χ1n) is 12.9. The number of fused-ring (bicyclic) bond motifs is 1. The second kappa shape index (κ2) is 10.7. The molecule has 1 unspecified atom stereocenters. The summed E-state index contributed by atoms with van der Waals surface area (Å²) in [6.07, 6.45) is 5.36. The van der Waals surface area contributed by atoms with E-state index in [1.54, 1.807) is 49.4 Å². The number of aromatic nitrogens is 2. The van der Waals surface area contributed by atoms with Gasteiger partial charge in [0.1, 0.15) is 11.9 Å². The van der Waals surface area contributed by atoms with E-state index in [0.29, 0.717) is 29.0 Å². The van der Waals surface area contributed by atoms with Gasteiger partial charge in [-0.1, -0.05) is 37.5 Å². The van der Waals surface area contributed by atoms with Crippen molar-refractivity contribution in [1.82, 2.24) is 19.6 Å². The van der Waals surface area contributed by atoms with Crippen molar-refractivity contribution in [2.75, 3.05) is 5.32 Å². The summed E-state index contributed by atoms with van der Waals surface area (Å²) in [5.74, 6) is -0.463. The molecule has 38 heavy (non-hydrogen) atoms. The lowest BCUT2D eigenvalue weighted by molar-refractivity contribution is -0.135. The average Bonchev–Trinajstić information content (AvgIpc) is 2.89. The van der Waals surface area contributed by atoms with Gasteiger partial charge in [-0.15, -0.1) is 0 Å². The van der Waals surface area contributed by atoms with E-state index >= 15 is 0 Å². The van der Waals surface area contributed by atoms with Crippen LogP contribution >= 0.6 is 0 Å². The average molecular weight is 538 g/mol. The predicted octanol–water partition coefficient (Wildman–Crippen LogP) is 2.91. The number of carbonyl (C=O) groups is 2. The topological polar surface area (TPSA) is 139 Å². The Kier molecular flexibility index (Phi) is 7.31. The van der Waals surface area contributed by atoms with Crippen LogP contribution in [0.25, 0.3) is 10.9 Å². The van der Waals surface area contributed by atoms with Crippen LogP contribution in [-0.4, -0.2) is 35.8 Å². The number of rotatable bonds is 7. The summed E-state index contributed by atoms with van der Waals surface area (Å²) in [6, 6.07) is 11.2. The molecule has 1 aliphatic heterocycles. The van der Waals surface area contributed by atoms with Crippen molar-refractivity contribution in [2.45, 2.75) is 75.4 Å². The smallest absolute Gasteiger partial charge is 0.264 e. The van der Waals surface area contributed by atoms with Crippen LogP contribution in [0.15, 0.2) is 52.2 Å². The van der Waals surface area contributed by atoms with E-state index in [4.69, 9.17) is 0 Å². The molecule has 0 bridgehead atoms. The summed E-state index contributed by atoms with van der Waals surface area (Å²) in [5, 5.41) is 5.91. The fraction of sp³-hybridized carbons (Fsp3) is 0.407. The molecule has 10 nitrogen and oxygen atoms in total. The second-order valence-electron chi connectivity index (χ2n) is 9.95. The molecule has 2 aromatic carbocycles. The Bertz CT molecular complexity index is 1540. The predicted molar refractivity (Wildman–Crippen MR) is 143 cm³/mol. The normalized spacial score (nSPS) is 18.9. The summed E-state index contributed by atoms with van der Waals surface area (Å²) >= 11 is 0. The molecule has 1 saturated heterocycles. The van der Waals surface area contributed by atoms with Gasteiger partial charge in [-0.3, -0.25) is 24.3 Å². The van der Waals surface area contributed by atoms with Crippen LogP contribution in [0.2, 0.25) is 0 Å². The number of amides is 2. The van der Waals surface area contributed by atoms with Gasteiger partial charge in [0.05, 0.1) is 15.8 Å². The molecule has 2 fully saturated rings. The highest BCUT2D eigenvalue weighted by Crippen LogP contribution is 2.24. The number of carbonyl (C=O) groups excluding carboxylic acids is 2. The third-order valence-corrected chi connectivity index (χ3v) is 8.81.